The highest BCUT2D eigenvalue weighted by Gasteiger charge is 2.12. The van der Waals surface area contributed by atoms with Gasteiger partial charge in [0.2, 0.25) is 0 Å². The highest BCUT2D eigenvalue weighted by Crippen LogP contribution is 2.26. The van der Waals surface area contributed by atoms with Gasteiger partial charge in [0.05, 0.1) is 11.0 Å². The summed E-state index contributed by atoms with van der Waals surface area (Å²) in [5.74, 6) is 1.56. The van der Waals surface area contributed by atoms with Crippen molar-refractivity contribution in [3.8, 4) is 11.4 Å². The molecule has 0 aliphatic heterocycles. The third kappa shape index (κ3) is 3.07. The molecule has 0 saturated carbocycles. The van der Waals surface area contributed by atoms with Crippen molar-refractivity contribution in [3.63, 3.8) is 0 Å². The third-order valence-corrected chi connectivity index (χ3v) is 3.75. The van der Waals surface area contributed by atoms with Crippen molar-refractivity contribution in [1.82, 2.24) is 9.55 Å². The fourth-order valence-electron chi connectivity index (χ4n) is 2.52. The minimum Gasteiger partial charge on any atom is -0.324 e. The molecule has 3 aromatic rings. The van der Waals surface area contributed by atoms with Gasteiger partial charge in [-0.1, -0.05) is 43.3 Å². The number of halogens is 2. The van der Waals surface area contributed by atoms with Gasteiger partial charge in [-0.25, -0.2) is 4.98 Å². The van der Waals surface area contributed by atoms with E-state index in [1.54, 1.807) is 0 Å². The Bertz CT molecular complexity index is 720. The van der Waals surface area contributed by atoms with E-state index in [9.17, 15) is 0 Å². The Balaban J connectivity index is 0.00000161. The standard InChI is InChI=1S/C17H17ClN2.ClH/c1-2-10-20-16-9-8-13(12-18)11-15(16)19-17(20)14-6-4-3-5-7-14;/h3-9,11H,2,10,12H2,1H3;1H. The summed E-state index contributed by atoms with van der Waals surface area (Å²) in [5, 5.41) is 0. The Morgan fingerprint density at radius 3 is 2.52 bits per heavy atom. The molecule has 0 amide bonds. The summed E-state index contributed by atoms with van der Waals surface area (Å²) in [6, 6.07) is 16.6. The van der Waals surface area contributed by atoms with Gasteiger partial charge in [0, 0.05) is 18.0 Å². The van der Waals surface area contributed by atoms with Crippen LogP contribution in [0.1, 0.15) is 18.9 Å². The summed E-state index contributed by atoms with van der Waals surface area (Å²) in [4.78, 5) is 4.81. The topological polar surface area (TPSA) is 17.8 Å². The number of imidazole rings is 1. The first kappa shape index (κ1) is 15.9. The molecule has 0 N–H and O–H groups in total. The molecular formula is C17H18Cl2N2. The van der Waals surface area contributed by atoms with Crippen molar-refractivity contribution in [2.45, 2.75) is 25.8 Å². The van der Waals surface area contributed by atoms with E-state index < -0.39 is 0 Å². The smallest absolute Gasteiger partial charge is 0.141 e. The molecule has 0 aliphatic rings. The maximum absolute atomic E-state index is 5.92. The fraction of sp³-hybridized carbons (Fsp3) is 0.235. The summed E-state index contributed by atoms with van der Waals surface area (Å²) in [6.45, 7) is 3.16. The van der Waals surface area contributed by atoms with E-state index in [0.29, 0.717) is 5.88 Å². The minimum absolute atomic E-state index is 0. The van der Waals surface area contributed by atoms with Crippen LogP contribution in [0.25, 0.3) is 22.4 Å². The SMILES string of the molecule is CCCn1c(-c2ccccc2)nc2cc(CCl)ccc21.Cl. The summed E-state index contributed by atoms with van der Waals surface area (Å²) in [6.07, 6.45) is 1.09. The van der Waals surface area contributed by atoms with Gasteiger partial charge >= 0.3 is 0 Å². The van der Waals surface area contributed by atoms with E-state index in [4.69, 9.17) is 16.6 Å². The van der Waals surface area contributed by atoms with Crippen LogP contribution >= 0.6 is 24.0 Å². The fourth-order valence-corrected chi connectivity index (χ4v) is 2.68. The first-order valence-corrected chi connectivity index (χ1v) is 7.47. The van der Waals surface area contributed by atoms with Gasteiger partial charge in [-0.15, -0.1) is 24.0 Å². The molecule has 2 aromatic carbocycles. The number of rotatable bonds is 4. The van der Waals surface area contributed by atoms with E-state index in [-0.39, 0.29) is 12.4 Å². The van der Waals surface area contributed by atoms with Crippen LogP contribution < -0.4 is 0 Å². The van der Waals surface area contributed by atoms with Crippen LogP contribution in [0.2, 0.25) is 0 Å². The van der Waals surface area contributed by atoms with Gasteiger partial charge in [-0.3, -0.25) is 0 Å². The quantitative estimate of drug-likeness (QED) is 0.598. The van der Waals surface area contributed by atoms with E-state index in [1.165, 1.54) is 5.52 Å². The first-order chi connectivity index (χ1) is 9.83. The first-order valence-electron chi connectivity index (χ1n) is 6.94. The predicted molar refractivity (Wildman–Crippen MR) is 92.3 cm³/mol. The molecule has 0 fully saturated rings. The minimum atomic E-state index is 0. The van der Waals surface area contributed by atoms with Gasteiger partial charge in [0.15, 0.2) is 0 Å². The lowest BCUT2D eigenvalue weighted by molar-refractivity contribution is 0.704. The van der Waals surface area contributed by atoms with Gasteiger partial charge in [-0.05, 0) is 24.1 Å². The monoisotopic (exact) mass is 320 g/mol. The molecule has 3 rings (SSSR count). The van der Waals surface area contributed by atoms with Crippen LogP contribution in [0.15, 0.2) is 48.5 Å². The Morgan fingerprint density at radius 2 is 1.86 bits per heavy atom. The van der Waals surface area contributed by atoms with Crippen molar-refractivity contribution in [3.05, 3.63) is 54.1 Å². The largest absolute Gasteiger partial charge is 0.324 e. The van der Waals surface area contributed by atoms with E-state index >= 15 is 0 Å². The normalized spacial score (nSPS) is 10.6. The summed E-state index contributed by atoms with van der Waals surface area (Å²) in [7, 11) is 0. The van der Waals surface area contributed by atoms with Crippen LogP contribution in [-0.2, 0) is 12.4 Å². The van der Waals surface area contributed by atoms with Crippen LogP contribution in [0, 0.1) is 0 Å². The zero-order valence-corrected chi connectivity index (χ0v) is 13.5. The number of benzene rings is 2. The molecule has 0 radical (unpaired) electrons. The van der Waals surface area contributed by atoms with Crippen LogP contribution in [0.4, 0.5) is 0 Å². The summed E-state index contributed by atoms with van der Waals surface area (Å²) < 4.78 is 2.29. The second-order valence-corrected chi connectivity index (χ2v) is 5.18. The van der Waals surface area contributed by atoms with E-state index in [1.807, 2.05) is 6.07 Å². The molecule has 0 unspecified atom stereocenters. The van der Waals surface area contributed by atoms with Crippen molar-refractivity contribution < 1.29 is 0 Å². The number of aromatic nitrogens is 2. The molecule has 0 saturated heterocycles. The summed E-state index contributed by atoms with van der Waals surface area (Å²) in [5.41, 5.74) is 4.47. The molecule has 21 heavy (non-hydrogen) atoms. The molecule has 2 nitrogen and oxygen atoms in total. The zero-order valence-electron chi connectivity index (χ0n) is 11.9. The lowest BCUT2D eigenvalue weighted by Crippen LogP contribution is -1.99. The van der Waals surface area contributed by atoms with Crippen LogP contribution in [0.5, 0.6) is 0 Å². The maximum Gasteiger partial charge on any atom is 0.141 e. The molecule has 1 heterocycles. The van der Waals surface area contributed by atoms with Gasteiger partial charge < -0.3 is 4.57 Å². The third-order valence-electron chi connectivity index (χ3n) is 3.45. The molecule has 0 bridgehead atoms. The van der Waals surface area contributed by atoms with Crippen molar-refractivity contribution in [2.75, 3.05) is 0 Å². The summed E-state index contributed by atoms with van der Waals surface area (Å²) >= 11 is 5.92. The Hall–Kier alpha value is -1.51. The number of aryl methyl sites for hydroxylation is 1. The Morgan fingerprint density at radius 1 is 1.10 bits per heavy atom. The lowest BCUT2D eigenvalue weighted by Gasteiger charge is -2.07. The molecule has 0 atom stereocenters. The second-order valence-electron chi connectivity index (χ2n) is 4.91. The molecular weight excluding hydrogens is 303 g/mol. The molecule has 1 aromatic heterocycles. The van der Waals surface area contributed by atoms with Gasteiger partial charge in [0.1, 0.15) is 5.82 Å². The van der Waals surface area contributed by atoms with Crippen LogP contribution in [0.3, 0.4) is 0 Å². The van der Waals surface area contributed by atoms with E-state index in [2.05, 4.69) is 54.0 Å². The molecule has 0 aliphatic carbocycles. The lowest BCUT2D eigenvalue weighted by atomic mass is 10.2. The number of nitrogens with zero attached hydrogens (tertiary/aromatic N) is 2. The second kappa shape index (κ2) is 6.97. The van der Waals surface area contributed by atoms with Gasteiger partial charge in [0.25, 0.3) is 0 Å². The van der Waals surface area contributed by atoms with Crippen molar-refractivity contribution in [2.24, 2.45) is 0 Å². The zero-order chi connectivity index (χ0) is 13.9. The Labute approximate surface area is 136 Å². The number of hydrogen-bond acceptors (Lipinski definition) is 1. The van der Waals surface area contributed by atoms with E-state index in [0.717, 1.165) is 35.4 Å². The average molecular weight is 321 g/mol. The van der Waals surface area contributed by atoms with Gasteiger partial charge in [-0.2, -0.15) is 0 Å². The highest BCUT2D eigenvalue weighted by atomic mass is 35.5. The predicted octanol–water partition coefficient (Wildman–Crippen LogP) is 5.27. The molecule has 110 valence electrons. The van der Waals surface area contributed by atoms with Crippen LogP contribution in [-0.4, -0.2) is 9.55 Å². The maximum atomic E-state index is 5.92. The number of hydrogen-bond donors (Lipinski definition) is 0. The molecule has 0 spiro atoms. The van der Waals surface area contributed by atoms with Crippen molar-refractivity contribution >= 4 is 35.0 Å². The highest BCUT2D eigenvalue weighted by molar-refractivity contribution is 6.17. The molecule has 4 heteroatoms. The average Bonchev–Trinajstić information content (AvgIpc) is 2.86. The van der Waals surface area contributed by atoms with Crippen molar-refractivity contribution in [1.29, 1.82) is 0 Å². The number of fused-ring (bicyclic) bond motifs is 1. The number of alkyl halides is 1. The Kier molecular flexibility index (Phi) is 5.27.